The van der Waals surface area contributed by atoms with Gasteiger partial charge in [-0.2, -0.15) is 0 Å². The highest BCUT2D eigenvalue weighted by Crippen LogP contribution is 2.22. The zero-order valence-corrected chi connectivity index (χ0v) is 14.7. The standard InChI is InChI=1S/C17H26ClN3O2/c1-3-20(4-2)16(14-5-7-15(18)8-6-14)13-19-17(22)21-9-11-23-12-10-21/h5-8,16H,3-4,9-13H2,1-2H3,(H,19,22). The number of ether oxygens (including phenoxy) is 1. The zero-order chi connectivity index (χ0) is 16.7. The fourth-order valence-corrected chi connectivity index (χ4v) is 3.00. The third-order valence-corrected chi connectivity index (χ3v) is 4.50. The Balaban J connectivity index is 2.02. The Morgan fingerprint density at radius 1 is 1.26 bits per heavy atom. The van der Waals surface area contributed by atoms with Crippen LogP contribution in [0.4, 0.5) is 4.79 Å². The Morgan fingerprint density at radius 3 is 2.43 bits per heavy atom. The summed E-state index contributed by atoms with van der Waals surface area (Å²) in [5, 5.41) is 3.80. The normalized spacial score (nSPS) is 16.4. The molecule has 1 aliphatic heterocycles. The molecule has 23 heavy (non-hydrogen) atoms. The van der Waals surface area contributed by atoms with Gasteiger partial charge in [-0.05, 0) is 30.8 Å². The molecule has 1 fully saturated rings. The van der Waals surface area contributed by atoms with E-state index in [0.29, 0.717) is 32.8 Å². The number of morpholine rings is 1. The molecule has 1 N–H and O–H groups in total. The van der Waals surface area contributed by atoms with Gasteiger partial charge in [0.15, 0.2) is 0 Å². The maximum Gasteiger partial charge on any atom is 0.317 e. The maximum absolute atomic E-state index is 12.3. The summed E-state index contributed by atoms with van der Waals surface area (Å²) in [6.07, 6.45) is 0. The molecule has 5 nitrogen and oxygen atoms in total. The third-order valence-electron chi connectivity index (χ3n) is 4.25. The van der Waals surface area contributed by atoms with Gasteiger partial charge < -0.3 is 15.0 Å². The lowest BCUT2D eigenvalue weighted by Gasteiger charge is -2.32. The van der Waals surface area contributed by atoms with E-state index in [1.54, 1.807) is 0 Å². The number of likely N-dealkylation sites (N-methyl/N-ethyl adjacent to an activating group) is 1. The number of carbonyl (C=O) groups is 1. The molecule has 0 radical (unpaired) electrons. The van der Waals surface area contributed by atoms with Crippen LogP contribution >= 0.6 is 11.6 Å². The van der Waals surface area contributed by atoms with Crippen LogP contribution in [0.5, 0.6) is 0 Å². The lowest BCUT2D eigenvalue weighted by molar-refractivity contribution is 0.0526. The van der Waals surface area contributed by atoms with E-state index in [4.69, 9.17) is 16.3 Å². The van der Waals surface area contributed by atoms with Crippen LogP contribution in [-0.4, -0.2) is 61.8 Å². The lowest BCUT2D eigenvalue weighted by atomic mass is 10.1. The first-order valence-corrected chi connectivity index (χ1v) is 8.63. The second-order valence-corrected chi connectivity index (χ2v) is 6.01. The molecule has 2 amide bonds. The molecule has 1 saturated heterocycles. The summed E-state index contributed by atoms with van der Waals surface area (Å²) in [4.78, 5) is 16.5. The van der Waals surface area contributed by atoms with Crippen LogP contribution in [0.25, 0.3) is 0 Å². The molecule has 6 heteroatoms. The molecule has 0 saturated carbocycles. The number of hydrogen-bond donors (Lipinski definition) is 1. The Hall–Kier alpha value is -1.30. The molecule has 0 spiro atoms. The number of halogens is 1. The molecule has 1 aromatic rings. The Labute approximate surface area is 143 Å². The largest absolute Gasteiger partial charge is 0.378 e. The molecule has 0 bridgehead atoms. The summed E-state index contributed by atoms with van der Waals surface area (Å²) in [7, 11) is 0. The molecule has 1 heterocycles. The van der Waals surface area contributed by atoms with E-state index in [9.17, 15) is 4.79 Å². The van der Waals surface area contributed by atoms with Crippen LogP contribution in [0.3, 0.4) is 0 Å². The Kier molecular flexibility index (Phi) is 7.15. The molecular formula is C17H26ClN3O2. The van der Waals surface area contributed by atoms with Crippen molar-refractivity contribution in [2.24, 2.45) is 0 Å². The van der Waals surface area contributed by atoms with Gasteiger partial charge in [-0.15, -0.1) is 0 Å². The fraction of sp³-hybridized carbons (Fsp3) is 0.588. The highest BCUT2D eigenvalue weighted by atomic mass is 35.5. The van der Waals surface area contributed by atoms with E-state index in [2.05, 4.69) is 24.1 Å². The third kappa shape index (κ3) is 5.09. The summed E-state index contributed by atoms with van der Waals surface area (Å²) in [5.74, 6) is 0. The van der Waals surface area contributed by atoms with E-state index < -0.39 is 0 Å². The van der Waals surface area contributed by atoms with Gasteiger partial charge in [0.25, 0.3) is 0 Å². The number of rotatable bonds is 6. The highest BCUT2D eigenvalue weighted by molar-refractivity contribution is 6.30. The van der Waals surface area contributed by atoms with E-state index in [0.717, 1.165) is 18.1 Å². The second kappa shape index (κ2) is 9.11. The maximum atomic E-state index is 12.3. The van der Waals surface area contributed by atoms with Crippen molar-refractivity contribution < 1.29 is 9.53 Å². The monoisotopic (exact) mass is 339 g/mol. The van der Waals surface area contributed by atoms with E-state index in [1.165, 1.54) is 5.56 Å². The Morgan fingerprint density at radius 2 is 1.87 bits per heavy atom. The van der Waals surface area contributed by atoms with E-state index >= 15 is 0 Å². The first-order valence-electron chi connectivity index (χ1n) is 8.25. The first-order chi connectivity index (χ1) is 11.2. The van der Waals surface area contributed by atoms with Crippen LogP contribution in [0, 0.1) is 0 Å². The van der Waals surface area contributed by atoms with Gasteiger partial charge in [0.2, 0.25) is 0 Å². The minimum Gasteiger partial charge on any atom is -0.378 e. The molecule has 1 unspecified atom stereocenters. The van der Waals surface area contributed by atoms with E-state index in [1.807, 2.05) is 29.2 Å². The van der Waals surface area contributed by atoms with Gasteiger partial charge in [-0.25, -0.2) is 4.79 Å². The lowest BCUT2D eigenvalue weighted by Crippen LogP contribution is -2.48. The number of hydrogen-bond acceptors (Lipinski definition) is 3. The van der Waals surface area contributed by atoms with Gasteiger partial charge in [-0.3, -0.25) is 4.90 Å². The van der Waals surface area contributed by atoms with Crippen LogP contribution < -0.4 is 5.32 Å². The van der Waals surface area contributed by atoms with Crippen molar-refractivity contribution in [1.82, 2.24) is 15.1 Å². The van der Waals surface area contributed by atoms with Crippen molar-refractivity contribution in [3.8, 4) is 0 Å². The summed E-state index contributed by atoms with van der Waals surface area (Å²) in [6, 6.07) is 8.00. The topological polar surface area (TPSA) is 44.8 Å². The van der Waals surface area contributed by atoms with Crippen molar-refractivity contribution in [1.29, 1.82) is 0 Å². The zero-order valence-electron chi connectivity index (χ0n) is 13.9. The summed E-state index contributed by atoms with van der Waals surface area (Å²) in [5.41, 5.74) is 1.17. The van der Waals surface area contributed by atoms with Gasteiger partial charge in [0.05, 0.1) is 19.3 Å². The molecule has 128 valence electrons. The molecule has 1 aliphatic rings. The van der Waals surface area contributed by atoms with Crippen molar-refractivity contribution in [2.45, 2.75) is 19.9 Å². The predicted molar refractivity (Wildman–Crippen MR) is 92.9 cm³/mol. The van der Waals surface area contributed by atoms with Crippen LogP contribution in [0.2, 0.25) is 5.02 Å². The number of nitrogens with zero attached hydrogens (tertiary/aromatic N) is 2. The fourth-order valence-electron chi connectivity index (χ4n) is 2.87. The quantitative estimate of drug-likeness (QED) is 0.866. The molecule has 2 rings (SSSR count). The van der Waals surface area contributed by atoms with Crippen molar-refractivity contribution in [3.63, 3.8) is 0 Å². The molecule has 0 aromatic heterocycles. The Bertz CT molecular complexity index is 485. The van der Waals surface area contributed by atoms with Gasteiger partial charge in [0, 0.05) is 24.7 Å². The smallest absolute Gasteiger partial charge is 0.317 e. The summed E-state index contributed by atoms with van der Waals surface area (Å²) in [6.45, 7) is 9.25. The average Bonchev–Trinajstić information content (AvgIpc) is 2.60. The second-order valence-electron chi connectivity index (χ2n) is 5.57. The van der Waals surface area contributed by atoms with Crippen LogP contribution in [-0.2, 0) is 4.74 Å². The summed E-state index contributed by atoms with van der Waals surface area (Å²) < 4.78 is 5.29. The number of carbonyl (C=O) groups excluding carboxylic acids is 1. The molecule has 1 aromatic carbocycles. The predicted octanol–water partition coefficient (Wildman–Crippen LogP) is 2.76. The number of amides is 2. The van der Waals surface area contributed by atoms with Crippen LogP contribution in [0.1, 0.15) is 25.5 Å². The van der Waals surface area contributed by atoms with Crippen molar-refractivity contribution in [3.05, 3.63) is 34.9 Å². The van der Waals surface area contributed by atoms with Gasteiger partial charge in [-0.1, -0.05) is 37.6 Å². The van der Waals surface area contributed by atoms with Crippen molar-refractivity contribution in [2.75, 3.05) is 45.9 Å². The minimum absolute atomic E-state index is 0.0144. The SMILES string of the molecule is CCN(CC)C(CNC(=O)N1CCOCC1)c1ccc(Cl)cc1. The van der Waals surface area contributed by atoms with Crippen LogP contribution in [0.15, 0.2) is 24.3 Å². The minimum atomic E-state index is -0.0144. The first kappa shape index (κ1) is 18.0. The molecule has 1 atom stereocenters. The van der Waals surface area contributed by atoms with Crippen molar-refractivity contribution >= 4 is 17.6 Å². The number of urea groups is 1. The molecular weight excluding hydrogens is 314 g/mol. The number of nitrogens with one attached hydrogen (secondary N) is 1. The number of benzene rings is 1. The summed E-state index contributed by atoms with van der Waals surface area (Å²) >= 11 is 5.99. The molecule has 0 aliphatic carbocycles. The average molecular weight is 340 g/mol. The highest BCUT2D eigenvalue weighted by Gasteiger charge is 2.21. The van der Waals surface area contributed by atoms with Gasteiger partial charge >= 0.3 is 6.03 Å². The van der Waals surface area contributed by atoms with Gasteiger partial charge in [0.1, 0.15) is 0 Å². The van der Waals surface area contributed by atoms with E-state index in [-0.39, 0.29) is 12.1 Å².